The third-order valence-corrected chi connectivity index (χ3v) is 6.92. The van der Waals surface area contributed by atoms with Crippen molar-refractivity contribution in [3.05, 3.63) is 41.5 Å². The van der Waals surface area contributed by atoms with Gasteiger partial charge in [-0.25, -0.2) is 0 Å². The van der Waals surface area contributed by atoms with Crippen molar-refractivity contribution in [3.63, 3.8) is 0 Å². The minimum absolute atomic E-state index is 0.183. The summed E-state index contributed by atoms with van der Waals surface area (Å²) in [6.45, 7) is 3.33. The predicted molar refractivity (Wildman–Crippen MR) is 131 cm³/mol. The van der Waals surface area contributed by atoms with Crippen LogP contribution in [-0.4, -0.2) is 36.1 Å². The smallest absolute Gasteiger partial charge is 0.220 e. The van der Waals surface area contributed by atoms with Crippen LogP contribution in [0.4, 0.5) is 0 Å². The number of aliphatic hydroxyl groups excluding tert-OH is 1. The molecular weight excluding hydrogens is 414 g/mol. The second kappa shape index (κ2) is 13.5. The zero-order chi connectivity index (χ0) is 23.5. The summed E-state index contributed by atoms with van der Waals surface area (Å²) in [6, 6.07) is 9.55. The average molecular weight is 456 g/mol. The lowest BCUT2D eigenvalue weighted by atomic mass is 9.90. The van der Waals surface area contributed by atoms with Gasteiger partial charge in [0.2, 0.25) is 5.91 Å². The van der Waals surface area contributed by atoms with Crippen molar-refractivity contribution in [2.24, 2.45) is 11.8 Å². The van der Waals surface area contributed by atoms with E-state index in [1.54, 1.807) is 0 Å². The van der Waals surface area contributed by atoms with E-state index in [-0.39, 0.29) is 5.91 Å². The maximum atomic E-state index is 12.4. The molecule has 0 saturated heterocycles. The van der Waals surface area contributed by atoms with Gasteiger partial charge in [-0.1, -0.05) is 43.5 Å². The van der Waals surface area contributed by atoms with E-state index >= 15 is 0 Å². The van der Waals surface area contributed by atoms with Crippen molar-refractivity contribution < 1.29 is 19.4 Å². The predicted octanol–water partition coefficient (Wildman–Crippen LogP) is 5.37. The molecule has 5 nitrogen and oxygen atoms in total. The number of hydrogen-bond donors (Lipinski definition) is 2. The lowest BCUT2D eigenvalue weighted by molar-refractivity contribution is -0.121. The van der Waals surface area contributed by atoms with Crippen molar-refractivity contribution in [2.75, 3.05) is 13.2 Å². The largest absolute Gasteiger partial charge is 0.491 e. The third kappa shape index (κ3) is 9.32. The van der Waals surface area contributed by atoms with E-state index in [9.17, 15) is 14.7 Å². The first-order valence-electron chi connectivity index (χ1n) is 12.9. The highest BCUT2D eigenvalue weighted by molar-refractivity contribution is 5.98. The van der Waals surface area contributed by atoms with Gasteiger partial charge in [0.05, 0.1) is 6.10 Å². The molecule has 2 aliphatic carbocycles. The highest BCUT2D eigenvalue weighted by Crippen LogP contribution is 2.34. The van der Waals surface area contributed by atoms with Gasteiger partial charge < -0.3 is 15.2 Å². The molecule has 0 aromatic heterocycles. The van der Waals surface area contributed by atoms with E-state index in [1.165, 1.54) is 18.4 Å². The molecule has 0 heterocycles. The summed E-state index contributed by atoms with van der Waals surface area (Å²) in [4.78, 5) is 24.3. The molecule has 0 bridgehead atoms. The number of carbonyl (C=O) groups excluding carboxylic acids is 2. The molecule has 1 fully saturated rings. The fraction of sp³-hybridized carbons (Fsp3) is 0.643. The second-order valence-corrected chi connectivity index (χ2v) is 9.84. The summed E-state index contributed by atoms with van der Waals surface area (Å²) in [5.41, 5.74) is 2.34. The van der Waals surface area contributed by atoms with E-state index in [0.717, 1.165) is 68.7 Å². The van der Waals surface area contributed by atoms with Crippen molar-refractivity contribution in [3.8, 4) is 5.75 Å². The van der Waals surface area contributed by atoms with Gasteiger partial charge in [-0.15, -0.1) is 0 Å². The Bertz CT molecular complexity index is 784. The summed E-state index contributed by atoms with van der Waals surface area (Å²) in [6.07, 6.45) is 10.6. The third-order valence-electron chi connectivity index (χ3n) is 6.92. The van der Waals surface area contributed by atoms with Crippen LogP contribution < -0.4 is 10.1 Å². The Balaban J connectivity index is 1.31. The van der Waals surface area contributed by atoms with Crippen LogP contribution in [0, 0.1) is 11.8 Å². The van der Waals surface area contributed by atoms with Crippen LogP contribution >= 0.6 is 0 Å². The molecule has 2 unspecified atom stereocenters. The lowest BCUT2D eigenvalue weighted by Gasteiger charge is -2.18. The van der Waals surface area contributed by atoms with Crippen LogP contribution in [-0.2, 0) is 9.59 Å². The topological polar surface area (TPSA) is 75.6 Å². The Hall–Kier alpha value is -2.14. The van der Waals surface area contributed by atoms with Crippen molar-refractivity contribution >= 4 is 11.7 Å². The lowest BCUT2D eigenvalue weighted by Crippen LogP contribution is -2.25. The van der Waals surface area contributed by atoms with Crippen LogP contribution in [0.15, 0.2) is 41.5 Å². The number of unbranched alkanes of at least 4 members (excludes halogenated alkanes) is 3. The van der Waals surface area contributed by atoms with Crippen molar-refractivity contribution in [1.82, 2.24) is 5.32 Å². The number of allylic oxidation sites excluding steroid dienone is 2. The monoisotopic (exact) mass is 455 g/mol. The summed E-state index contributed by atoms with van der Waals surface area (Å²) >= 11 is 0. The first-order chi connectivity index (χ1) is 16.0. The SMILES string of the molecule is CC(CCC(O)COc1ccccc1)C1=C(CCCCCCC(=O)NCC2CC2)C(=O)CC1. The molecule has 1 aromatic carbocycles. The van der Waals surface area contributed by atoms with Crippen LogP contribution in [0.3, 0.4) is 0 Å². The standard InChI is InChI=1S/C28H41NO4/c1-21(13-16-23(30)20-33-24-9-5-4-6-10-24)25-17-18-27(31)26(25)11-7-2-3-8-12-28(32)29-19-22-14-15-22/h4-6,9-10,21-23,30H,2-3,7-8,11-20H2,1H3,(H,29,32). The Labute approximate surface area is 199 Å². The first-order valence-corrected chi connectivity index (χ1v) is 12.9. The molecular formula is C28H41NO4. The molecule has 2 N–H and O–H groups in total. The number of hydrogen-bond acceptors (Lipinski definition) is 4. The number of benzene rings is 1. The number of aliphatic hydroxyl groups is 1. The molecule has 1 saturated carbocycles. The van der Waals surface area contributed by atoms with Crippen LogP contribution in [0.5, 0.6) is 5.75 Å². The quantitative estimate of drug-likeness (QED) is 0.329. The van der Waals surface area contributed by atoms with Gasteiger partial charge >= 0.3 is 0 Å². The van der Waals surface area contributed by atoms with E-state index in [2.05, 4.69) is 12.2 Å². The van der Waals surface area contributed by atoms with E-state index in [0.29, 0.717) is 37.6 Å². The number of Topliss-reactive ketones (excluding diaryl/α,β-unsaturated/α-hetero) is 1. The van der Waals surface area contributed by atoms with Gasteiger partial charge in [0.1, 0.15) is 12.4 Å². The molecule has 0 spiro atoms. The highest BCUT2D eigenvalue weighted by atomic mass is 16.5. The van der Waals surface area contributed by atoms with Gasteiger partial charge in [-0.05, 0) is 80.9 Å². The number of para-hydroxylation sites is 1. The Kier molecular flexibility index (Phi) is 10.5. The number of ketones is 1. The summed E-state index contributed by atoms with van der Waals surface area (Å²) in [5.74, 6) is 2.31. The number of rotatable bonds is 16. The minimum Gasteiger partial charge on any atom is -0.491 e. The number of nitrogens with one attached hydrogen (secondary N) is 1. The molecule has 0 aliphatic heterocycles. The Morgan fingerprint density at radius 3 is 2.61 bits per heavy atom. The highest BCUT2D eigenvalue weighted by Gasteiger charge is 2.26. The summed E-state index contributed by atoms with van der Waals surface area (Å²) in [5, 5.41) is 13.3. The average Bonchev–Trinajstić information content (AvgIpc) is 3.59. The molecule has 3 rings (SSSR count). The van der Waals surface area contributed by atoms with Gasteiger partial charge in [-0.2, -0.15) is 0 Å². The van der Waals surface area contributed by atoms with Gasteiger partial charge in [0, 0.05) is 19.4 Å². The van der Waals surface area contributed by atoms with Crippen LogP contribution in [0.1, 0.15) is 84.0 Å². The number of carbonyl (C=O) groups is 2. The maximum absolute atomic E-state index is 12.4. The van der Waals surface area contributed by atoms with Crippen molar-refractivity contribution in [2.45, 2.75) is 90.1 Å². The van der Waals surface area contributed by atoms with Crippen molar-refractivity contribution in [1.29, 1.82) is 0 Å². The molecule has 0 radical (unpaired) electrons. The summed E-state index contributed by atoms with van der Waals surface area (Å²) < 4.78 is 5.65. The first kappa shape index (κ1) is 25.5. The molecule has 2 atom stereocenters. The fourth-order valence-corrected chi connectivity index (χ4v) is 4.59. The van der Waals surface area contributed by atoms with Gasteiger partial charge in [0.25, 0.3) is 0 Å². The molecule has 1 aromatic rings. The molecule has 182 valence electrons. The molecule has 2 aliphatic rings. The molecule has 1 amide bonds. The van der Waals surface area contributed by atoms with Crippen LogP contribution in [0.2, 0.25) is 0 Å². The zero-order valence-corrected chi connectivity index (χ0v) is 20.2. The Morgan fingerprint density at radius 1 is 1.09 bits per heavy atom. The van der Waals surface area contributed by atoms with Gasteiger partial charge in [-0.3, -0.25) is 9.59 Å². The zero-order valence-electron chi connectivity index (χ0n) is 20.2. The molecule has 5 heteroatoms. The van der Waals surface area contributed by atoms with E-state index in [4.69, 9.17) is 4.74 Å². The summed E-state index contributed by atoms with van der Waals surface area (Å²) in [7, 11) is 0. The normalized spacial score (nSPS) is 17.8. The Morgan fingerprint density at radius 2 is 1.85 bits per heavy atom. The minimum atomic E-state index is -0.504. The van der Waals surface area contributed by atoms with Crippen LogP contribution in [0.25, 0.3) is 0 Å². The second-order valence-electron chi connectivity index (χ2n) is 9.84. The van der Waals surface area contributed by atoms with Gasteiger partial charge in [0.15, 0.2) is 5.78 Å². The maximum Gasteiger partial charge on any atom is 0.220 e. The number of amides is 1. The number of ether oxygens (including phenoxy) is 1. The van der Waals surface area contributed by atoms with E-state index in [1.807, 2.05) is 30.3 Å². The van der Waals surface area contributed by atoms with E-state index < -0.39 is 6.10 Å². The fourth-order valence-electron chi connectivity index (χ4n) is 4.59. The molecule has 33 heavy (non-hydrogen) atoms.